The number of aryl methyl sites for hydroxylation is 1. The van der Waals surface area contributed by atoms with Crippen LogP contribution < -0.4 is 0 Å². The average Bonchev–Trinajstić information content (AvgIpc) is 3.25. The summed E-state index contributed by atoms with van der Waals surface area (Å²) in [7, 11) is 0. The fourth-order valence-electron chi connectivity index (χ4n) is 6.37. The zero-order valence-electron chi connectivity index (χ0n) is 20.3. The van der Waals surface area contributed by atoms with Gasteiger partial charge in [-0.2, -0.15) is 0 Å². The first-order valence-corrected chi connectivity index (χ1v) is 12.6. The topological polar surface area (TPSA) is 0 Å². The van der Waals surface area contributed by atoms with Crippen LogP contribution in [0.4, 0.5) is 0 Å². The highest BCUT2D eigenvalue weighted by Crippen LogP contribution is 2.57. The third-order valence-electron chi connectivity index (χ3n) is 7.88. The molecule has 0 bridgehead atoms. The van der Waals surface area contributed by atoms with Crippen molar-refractivity contribution in [3.63, 3.8) is 0 Å². The van der Waals surface area contributed by atoms with Crippen LogP contribution in [-0.2, 0) is 5.41 Å². The van der Waals surface area contributed by atoms with Gasteiger partial charge in [0.1, 0.15) is 0 Å². The Bertz CT molecular complexity index is 1680. The second-order valence-corrected chi connectivity index (χ2v) is 9.77. The van der Waals surface area contributed by atoms with Crippen LogP contribution in [0.5, 0.6) is 0 Å². The van der Waals surface area contributed by atoms with Crippen molar-refractivity contribution in [1.29, 1.82) is 0 Å². The van der Waals surface area contributed by atoms with Gasteiger partial charge in [0.25, 0.3) is 0 Å². The fourth-order valence-corrected chi connectivity index (χ4v) is 6.37. The Morgan fingerprint density at radius 2 is 1.11 bits per heavy atom. The van der Waals surface area contributed by atoms with E-state index in [1.165, 1.54) is 60.8 Å². The largest absolute Gasteiger partial charge is 0.0713 e. The lowest BCUT2D eigenvalue weighted by atomic mass is 9.67. The highest BCUT2D eigenvalue weighted by Gasteiger charge is 2.46. The van der Waals surface area contributed by atoms with E-state index in [2.05, 4.69) is 146 Å². The Labute approximate surface area is 212 Å². The highest BCUT2D eigenvalue weighted by molar-refractivity contribution is 5.98. The first-order valence-electron chi connectivity index (χ1n) is 12.6. The summed E-state index contributed by atoms with van der Waals surface area (Å²) in [6, 6.07) is 51.3. The van der Waals surface area contributed by atoms with Crippen LogP contribution in [-0.4, -0.2) is 0 Å². The van der Waals surface area contributed by atoms with Crippen molar-refractivity contribution in [3.8, 4) is 22.3 Å². The molecule has 6 aromatic rings. The number of hydrogen-bond donors (Lipinski definition) is 0. The van der Waals surface area contributed by atoms with Gasteiger partial charge in [-0.15, -0.1) is 0 Å². The first kappa shape index (κ1) is 20.9. The van der Waals surface area contributed by atoms with Gasteiger partial charge in [-0.25, -0.2) is 0 Å². The molecule has 1 aliphatic carbocycles. The predicted molar refractivity (Wildman–Crippen MR) is 151 cm³/mol. The summed E-state index contributed by atoms with van der Waals surface area (Å²) in [4.78, 5) is 0. The molecule has 0 saturated carbocycles. The molecule has 0 atom stereocenters. The molecule has 6 aromatic carbocycles. The number of benzene rings is 6. The zero-order chi connectivity index (χ0) is 24.1. The molecule has 0 amide bonds. The molecule has 0 saturated heterocycles. The molecule has 0 heteroatoms. The molecule has 0 unspecified atom stereocenters. The Hall–Kier alpha value is -4.42. The maximum atomic E-state index is 2.45. The zero-order valence-corrected chi connectivity index (χ0v) is 20.3. The summed E-state index contributed by atoms with van der Waals surface area (Å²) in [5.41, 5.74) is 11.5. The summed E-state index contributed by atoms with van der Waals surface area (Å²) in [5, 5.41) is 2.56. The summed E-state index contributed by atoms with van der Waals surface area (Å²) < 4.78 is 0. The lowest BCUT2D eigenvalue weighted by Crippen LogP contribution is -2.28. The summed E-state index contributed by atoms with van der Waals surface area (Å²) >= 11 is 0. The molecule has 0 spiro atoms. The van der Waals surface area contributed by atoms with Gasteiger partial charge >= 0.3 is 0 Å². The van der Waals surface area contributed by atoms with Crippen LogP contribution in [0, 0.1) is 6.92 Å². The normalized spacial score (nSPS) is 13.4. The van der Waals surface area contributed by atoms with Gasteiger partial charge in [0, 0.05) is 0 Å². The van der Waals surface area contributed by atoms with Gasteiger partial charge in [-0.3, -0.25) is 0 Å². The van der Waals surface area contributed by atoms with Crippen molar-refractivity contribution < 1.29 is 0 Å². The molecule has 0 heterocycles. The minimum absolute atomic E-state index is 0.375. The molecule has 0 radical (unpaired) electrons. The predicted octanol–water partition coefficient (Wildman–Crippen LogP) is 9.18. The van der Waals surface area contributed by atoms with Crippen LogP contribution in [0.15, 0.2) is 140 Å². The van der Waals surface area contributed by atoms with E-state index in [0.29, 0.717) is 0 Å². The molecule has 0 nitrogen and oxygen atoms in total. The van der Waals surface area contributed by atoms with E-state index in [-0.39, 0.29) is 5.41 Å². The monoisotopic (exact) mass is 458 g/mol. The summed E-state index contributed by atoms with van der Waals surface area (Å²) in [5.74, 6) is 0. The maximum absolute atomic E-state index is 2.45. The van der Waals surface area contributed by atoms with Gasteiger partial charge in [0.2, 0.25) is 0 Å². The quantitative estimate of drug-likeness (QED) is 0.248. The van der Waals surface area contributed by atoms with E-state index in [1.54, 1.807) is 0 Å². The van der Waals surface area contributed by atoms with Gasteiger partial charge < -0.3 is 0 Å². The third kappa shape index (κ3) is 2.88. The second-order valence-electron chi connectivity index (χ2n) is 9.77. The lowest BCUT2D eigenvalue weighted by Gasteiger charge is -2.34. The van der Waals surface area contributed by atoms with E-state index in [0.717, 1.165) is 0 Å². The highest BCUT2D eigenvalue weighted by atomic mass is 14.5. The third-order valence-corrected chi connectivity index (χ3v) is 7.88. The van der Waals surface area contributed by atoms with Crippen molar-refractivity contribution in [2.24, 2.45) is 0 Å². The van der Waals surface area contributed by atoms with Crippen LogP contribution in [0.2, 0.25) is 0 Å². The van der Waals surface area contributed by atoms with Crippen LogP contribution in [0.25, 0.3) is 33.0 Å². The minimum Gasteiger partial charge on any atom is -0.0622 e. The maximum Gasteiger partial charge on any atom is 0.0713 e. The Morgan fingerprint density at radius 3 is 1.86 bits per heavy atom. The van der Waals surface area contributed by atoms with Gasteiger partial charge in [0.05, 0.1) is 5.41 Å². The van der Waals surface area contributed by atoms with Crippen LogP contribution >= 0.6 is 0 Å². The molecule has 0 aromatic heterocycles. The molecule has 7 rings (SSSR count). The second kappa shape index (κ2) is 8.07. The summed E-state index contributed by atoms with van der Waals surface area (Å²) in [6.07, 6.45) is 0. The van der Waals surface area contributed by atoms with Crippen molar-refractivity contribution in [1.82, 2.24) is 0 Å². The molecular weight excluding hydrogens is 432 g/mol. The smallest absolute Gasteiger partial charge is 0.0622 e. The molecule has 0 N–H and O–H groups in total. The average molecular weight is 459 g/mol. The van der Waals surface area contributed by atoms with E-state index in [4.69, 9.17) is 0 Å². The van der Waals surface area contributed by atoms with Crippen LogP contribution in [0.1, 0.15) is 27.8 Å². The van der Waals surface area contributed by atoms with Gasteiger partial charge in [-0.05, 0) is 73.8 Å². The number of fused-ring (bicyclic) bond motifs is 4. The van der Waals surface area contributed by atoms with Gasteiger partial charge in [-0.1, -0.05) is 133 Å². The van der Waals surface area contributed by atoms with E-state index in [9.17, 15) is 0 Å². The van der Waals surface area contributed by atoms with Crippen LogP contribution in [0.3, 0.4) is 0 Å². The van der Waals surface area contributed by atoms with Crippen molar-refractivity contribution in [2.75, 3.05) is 0 Å². The van der Waals surface area contributed by atoms with E-state index >= 15 is 0 Å². The number of hydrogen-bond acceptors (Lipinski definition) is 0. The minimum atomic E-state index is -0.375. The molecule has 0 aliphatic heterocycles. The molecule has 0 fully saturated rings. The molecule has 1 aliphatic rings. The Balaban J connectivity index is 1.61. The van der Waals surface area contributed by atoms with Crippen molar-refractivity contribution in [2.45, 2.75) is 12.3 Å². The summed E-state index contributed by atoms with van der Waals surface area (Å²) in [6.45, 7) is 2.24. The van der Waals surface area contributed by atoms with E-state index in [1.807, 2.05) is 0 Å². The SMILES string of the molecule is Cc1cccc2c1-c1ccc(-c3cccc4ccccc34)cc1C2(c1ccccc1)c1ccccc1. The number of rotatable bonds is 3. The lowest BCUT2D eigenvalue weighted by molar-refractivity contribution is 0.768. The molecule has 170 valence electrons. The first-order chi connectivity index (χ1) is 17.8. The van der Waals surface area contributed by atoms with Gasteiger partial charge in [0.15, 0.2) is 0 Å². The fraction of sp³-hybridized carbons (Fsp3) is 0.0556. The Kier molecular flexibility index (Phi) is 4.69. The Morgan fingerprint density at radius 1 is 0.472 bits per heavy atom. The van der Waals surface area contributed by atoms with E-state index < -0.39 is 0 Å². The molecular formula is C36H26. The van der Waals surface area contributed by atoms with Crippen molar-refractivity contribution >= 4 is 10.8 Å². The molecule has 36 heavy (non-hydrogen) atoms. The van der Waals surface area contributed by atoms with Crippen molar-refractivity contribution in [3.05, 3.63) is 167 Å². The standard InChI is InChI=1S/C36H26/c1-25-12-10-21-33-35(25)32-23-22-27(31-20-11-14-26-13-8-9-19-30(26)31)24-34(32)36(33,28-15-4-2-5-16-28)29-17-6-3-7-18-29/h2-24H,1H3.